The van der Waals surface area contributed by atoms with Crippen molar-refractivity contribution in [1.29, 1.82) is 0 Å². The Hall–Kier alpha value is -2.32. The van der Waals surface area contributed by atoms with E-state index in [9.17, 15) is 0 Å². The first-order valence-electron chi connectivity index (χ1n) is 6.76. The molecule has 0 amide bonds. The summed E-state index contributed by atoms with van der Waals surface area (Å²) in [6.45, 7) is 0. The standard InChI is InChI=1S/C18H16OSi/c1-3-9-15(10-4-1)19-17-13-7-8-14-18(17)20-16-11-5-2-6-12-16/h1-14H,20H2. The van der Waals surface area contributed by atoms with Crippen LogP contribution in [0.3, 0.4) is 0 Å². The smallest absolute Gasteiger partial charge is 0.127 e. The number of benzene rings is 3. The molecule has 0 saturated heterocycles. The molecule has 0 bridgehead atoms. The number of ether oxygens (including phenoxy) is 1. The first kappa shape index (κ1) is 12.7. The van der Waals surface area contributed by atoms with Crippen molar-refractivity contribution < 1.29 is 4.74 Å². The molecule has 1 nitrogen and oxygen atoms in total. The summed E-state index contributed by atoms with van der Waals surface area (Å²) in [6.07, 6.45) is 0. The molecule has 0 radical (unpaired) electrons. The summed E-state index contributed by atoms with van der Waals surface area (Å²) in [7, 11) is -0.504. The van der Waals surface area contributed by atoms with Gasteiger partial charge in [-0.2, -0.15) is 0 Å². The largest absolute Gasteiger partial charge is 0.458 e. The number of hydrogen-bond donors (Lipinski definition) is 0. The van der Waals surface area contributed by atoms with Gasteiger partial charge in [0.2, 0.25) is 0 Å². The Morgan fingerprint density at radius 2 is 1.20 bits per heavy atom. The summed E-state index contributed by atoms with van der Waals surface area (Å²) in [5.41, 5.74) is 0. The van der Waals surface area contributed by atoms with E-state index in [0.29, 0.717) is 0 Å². The molecule has 0 atom stereocenters. The van der Waals surface area contributed by atoms with Crippen LogP contribution >= 0.6 is 0 Å². The van der Waals surface area contributed by atoms with E-state index < -0.39 is 9.52 Å². The second-order valence-electron chi connectivity index (χ2n) is 4.69. The van der Waals surface area contributed by atoms with Crippen LogP contribution in [-0.4, -0.2) is 9.52 Å². The van der Waals surface area contributed by atoms with Crippen molar-refractivity contribution in [3.8, 4) is 11.5 Å². The second kappa shape index (κ2) is 6.22. The molecule has 3 rings (SSSR count). The van der Waals surface area contributed by atoms with Gasteiger partial charge in [-0.1, -0.05) is 71.9 Å². The highest BCUT2D eigenvalue weighted by atomic mass is 28.2. The SMILES string of the molecule is c1ccc(Oc2ccccc2[SiH2]c2ccccc2)cc1. The van der Waals surface area contributed by atoms with E-state index in [0.717, 1.165) is 11.5 Å². The first-order chi connectivity index (χ1) is 9.92. The van der Waals surface area contributed by atoms with Gasteiger partial charge in [0.15, 0.2) is 0 Å². The third-order valence-corrected chi connectivity index (χ3v) is 5.03. The van der Waals surface area contributed by atoms with Crippen LogP contribution in [0.2, 0.25) is 0 Å². The molecule has 0 spiro atoms. The predicted octanol–water partition coefficient (Wildman–Crippen LogP) is 2.60. The maximum atomic E-state index is 6.02. The number of hydrogen-bond acceptors (Lipinski definition) is 1. The van der Waals surface area contributed by atoms with Crippen molar-refractivity contribution in [3.63, 3.8) is 0 Å². The fourth-order valence-corrected chi connectivity index (χ4v) is 3.75. The van der Waals surface area contributed by atoms with Gasteiger partial charge in [0.1, 0.15) is 11.5 Å². The summed E-state index contributed by atoms with van der Waals surface area (Å²) in [4.78, 5) is 0. The summed E-state index contributed by atoms with van der Waals surface area (Å²) in [5.74, 6) is 1.87. The summed E-state index contributed by atoms with van der Waals surface area (Å²) < 4.78 is 6.02. The van der Waals surface area contributed by atoms with Gasteiger partial charge >= 0.3 is 0 Å². The Labute approximate surface area is 121 Å². The molecule has 98 valence electrons. The molecule has 0 aliphatic rings. The van der Waals surface area contributed by atoms with E-state index >= 15 is 0 Å². The van der Waals surface area contributed by atoms with Crippen LogP contribution in [0.1, 0.15) is 0 Å². The highest BCUT2D eigenvalue weighted by molar-refractivity contribution is 6.68. The van der Waals surface area contributed by atoms with Crippen LogP contribution in [0.15, 0.2) is 84.9 Å². The minimum atomic E-state index is -0.504. The monoisotopic (exact) mass is 276 g/mol. The van der Waals surface area contributed by atoms with E-state index in [1.807, 2.05) is 36.4 Å². The summed E-state index contributed by atoms with van der Waals surface area (Å²) in [6, 6.07) is 29.0. The lowest BCUT2D eigenvalue weighted by atomic mass is 10.3. The summed E-state index contributed by atoms with van der Waals surface area (Å²) >= 11 is 0. The first-order valence-corrected chi connectivity index (χ1v) is 8.18. The molecule has 0 heterocycles. The molecule has 2 heteroatoms. The highest BCUT2D eigenvalue weighted by Crippen LogP contribution is 2.18. The van der Waals surface area contributed by atoms with Crippen LogP contribution < -0.4 is 15.1 Å². The fourth-order valence-electron chi connectivity index (χ4n) is 2.18. The molecule has 0 aliphatic carbocycles. The minimum absolute atomic E-state index is 0.504. The Bertz CT molecular complexity index is 605. The van der Waals surface area contributed by atoms with Crippen LogP contribution in [0, 0.1) is 0 Å². The molecule has 3 aromatic carbocycles. The Morgan fingerprint density at radius 3 is 1.95 bits per heavy atom. The molecule has 0 aromatic heterocycles. The van der Waals surface area contributed by atoms with E-state index in [1.165, 1.54) is 10.4 Å². The lowest BCUT2D eigenvalue weighted by Gasteiger charge is -2.11. The van der Waals surface area contributed by atoms with Crippen LogP contribution in [-0.2, 0) is 0 Å². The molecule has 0 aliphatic heterocycles. The molecule has 0 saturated carbocycles. The van der Waals surface area contributed by atoms with E-state index in [2.05, 4.69) is 48.5 Å². The van der Waals surface area contributed by atoms with Crippen molar-refractivity contribution in [1.82, 2.24) is 0 Å². The maximum Gasteiger partial charge on any atom is 0.127 e. The van der Waals surface area contributed by atoms with Crippen LogP contribution in [0.5, 0.6) is 11.5 Å². The molecular formula is C18H16OSi. The zero-order valence-electron chi connectivity index (χ0n) is 11.2. The summed E-state index contributed by atoms with van der Waals surface area (Å²) in [5, 5.41) is 2.76. The van der Waals surface area contributed by atoms with Crippen molar-refractivity contribution in [2.75, 3.05) is 0 Å². The molecule has 20 heavy (non-hydrogen) atoms. The molecule has 3 aromatic rings. The number of rotatable bonds is 4. The van der Waals surface area contributed by atoms with Crippen molar-refractivity contribution >= 4 is 19.9 Å². The fraction of sp³-hybridized carbons (Fsp3) is 0. The average Bonchev–Trinajstić information content (AvgIpc) is 2.51. The van der Waals surface area contributed by atoms with Crippen molar-refractivity contribution in [2.24, 2.45) is 0 Å². The molecule has 0 unspecified atom stereocenters. The highest BCUT2D eigenvalue weighted by Gasteiger charge is 2.05. The third-order valence-electron chi connectivity index (χ3n) is 3.18. The van der Waals surface area contributed by atoms with Gasteiger partial charge in [0.25, 0.3) is 0 Å². The quantitative estimate of drug-likeness (QED) is 0.666. The third kappa shape index (κ3) is 3.16. The Kier molecular flexibility index (Phi) is 3.95. The molecule has 0 N–H and O–H groups in total. The van der Waals surface area contributed by atoms with Gasteiger partial charge in [-0.05, 0) is 23.4 Å². The van der Waals surface area contributed by atoms with E-state index in [1.54, 1.807) is 0 Å². The van der Waals surface area contributed by atoms with E-state index in [-0.39, 0.29) is 0 Å². The minimum Gasteiger partial charge on any atom is -0.458 e. The van der Waals surface area contributed by atoms with Gasteiger partial charge < -0.3 is 4.74 Å². The van der Waals surface area contributed by atoms with Gasteiger partial charge in [0, 0.05) is 0 Å². The molecule has 0 fully saturated rings. The second-order valence-corrected chi connectivity index (χ2v) is 6.62. The predicted molar refractivity (Wildman–Crippen MR) is 87.2 cm³/mol. The lowest BCUT2D eigenvalue weighted by Crippen LogP contribution is -2.27. The van der Waals surface area contributed by atoms with Gasteiger partial charge in [-0.25, -0.2) is 0 Å². The van der Waals surface area contributed by atoms with Crippen LogP contribution in [0.25, 0.3) is 0 Å². The normalized spacial score (nSPS) is 10.8. The topological polar surface area (TPSA) is 9.23 Å². The van der Waals surface area contributed by atoms with Gasteiger partial charge in [-0.3, -0.25) is 0 Å². The van der Waals surface area contributed by atoms with Gasteiger partial charge in [0.05, 0.1) is 9.52 Å². The number of para-hydroxylation sites is 2. The van der Waals surface area contributed by atoms with Crippen molar-refractivity contribution in [2.45, 2.75) is 0 Å². The average molecular weight is 276 g/mol. The Balaban J connectivity index is 1.85. The Morgan fingerprint density at radius 1 is 0.600 bits per heavy atom. The zero-order chi connectivity index (χ0) is 13.6. The lowest BCUT2D eigenvalue weighted by molar-refractivity contribution is 0.486. The van der Waals surface area contributed by atoms with Gasteiger partial charge in [-0.15, -0.1) is 0 Å². The molecular weight excluding hydrogens is 260 g/mol. The van der Waals surface area contributed by atoms with E-state index in [4.69, 9.17) is 4.74 Å². The maximum absolute atomic E-state index is 6.02. The van der Waals surface area contributed by atoms with Crippen LogP contribution in [0.4, 0.5) is 0 Å². The zero-order valence-corrected chi connectivity index (χ0v) is 12.6. The van der Waals surface area contributed by atoms with Crippen molar-refractivity contribution in [3.05, 3.63) is 84.9 Å².